The fraction of sp³-hybridized carbons (Fsp3) is 0.364. The summed E-state index contributed by atoms with van der Waals surface area (Å²) in [5.41, 5.74) is 4.12. The Hall–Kier alpha value is -4.17. The van der Waals surface area contributed by atoms with Gasteiger partial charge in [0, 0.05) is 29.9 Å². The second-order valence-corrected chi connectivity index (χ2v) is 10.3. The van der Waals surface area contributed by atoms with Gasteiger partial charge in [-0.05, 0) is 54.4 Å². The Bertz CT molecular complexity index is 1370. The van der Waals surface area contributed by atoms with E-state index in [-0.39, 0.29) is 24.5 Å². The van der Waals surface area contributed by atoms with Crippen molar-refractivity contribution in [3.05, 3.63) is 83.4 Å². The number of Topliss-reactive ketones (excluding diaryl/α,β-unsaturated/α-hetero) is 1. The highest BCUT2D eigenvalue weighted by Crippen LogP contribution is 2.40. The van der Waals surface area contributed by atoms with Crippen molar-refractivity contribution in [3.8, 4) is 22.6 Å². The molecule has 0 radical (unpaired) electrons. The second kappa shape index (κ2) is 13.9. The number of rotatable bonds is 8. The smallest absolute Gasteiger partial charge is 0.328 e. The lowest BCUT2D eigenvalue weighted by Crippen LogP contribution is -2.45. The summed E-state index contributed by atoms with van der Waals surface area (Å²) in [6.45, 7) is 4.60. The Morgan fingerprint density at radius 2 is 1.66 bits per heavy atom. The molecule has 8 nitrogen and oxygen atoms in total. The highest BCUT2D eigenvalue weighted by Gasteiger charge is 2.29. The predicted molar refractivity (Wildman–Crippen MR) is 157 cm³/mol. The van der Waals surface area contributed by atoms with Crippen molar-refractivity contribution in [2.24, 2.45) is 5.92 Å². The Labute approximate surface area is 241 Å². The molecule has 4 rings (SSSR count). The van der Waals surface area contributed by atoms with Crippen LogP contribution in [0.2, 0.25) is 0 Å². The van der Waals surface area contributed by atoms with Crippen LogP contribution in [0.25, 0.3) is 11.1 Å². The highest BCUT2D eigenvalue weighted by molar-refractivity contribution is 5.92. The molecule has 3 aromatic carbocycles. The lowest BCUT2D eigenvalue weighted by atomic mass is 9.90. The average Bonchev–Trinajstić information content (AvgIpc) is 2.99. The van der Waals surface area contributed by atoms with Crippen LogP contribution in [-0.4, -0.2) is 44.5 Å². The number of likely N-dealkylation sites (N-methyl/N-ethyl adjacent to an activating group) is 1. The van der Waals surface area contributed by atoms with E-state index in [1.165, 1.54) is 7.11 Å². The zero-order valence-corrected chi connectivity index (χ0v) is 24.1. The summed E-state index contributed by atoms with van der Waals surface area (Å²) in [7, 11) is 3.01. The maximum Gasteiger partial charge on any atom is 0.328 e. The third-order valence-electron chi connectivity index (χ3n) is 7.18. The SMILES string of the molecule is CCCOc1ccc2cc1-c1cc(ccc1OCc1ccccc1)C[C@@H](C(=O)OC)NC(=O)[C@H](C)CC(=O)[C@H]2NC. The molecule has 0 spiro atoms. The molecular weight excluding hydrogens is 520 g/mol. The average molecular weight is 559 g/mol. The van der Waals surface area contributed by atoms with E-state index in [2.05, 4.69) is 10.6 Å². The number of carbonyl (C=O) groups excluding carboxylic acids is 3. The van der Waals surface area contributed by atoms with Crippen molar-refractivity contribution in [1.82, 2.24) is 10.6 Å². The number of methoxy groups -OCH3 is 1. The topological polar surface area (TPSA) is 103 Å². The van der Waals surface area contributed by atoms with E-state index >= 15 is 0 Å². The van der Waals surface area contributed by atoms with Gasteiger partial charge in [0.05, 0.1) is 19.8 Å². The Morgan fingerprint density at radius 1 is 0.951 bits per heavy atom. The normalized spacial score (nSPS) is 19.1. The van der Waals surface area contributed by atoms with Crippen LogP contribution in [-0.2, 0) is 32.1 Å². The quantitative estimate of drug-likeness (QED) is 0.383. The lowest BCUT2D eigenvalue weighted by molar-refractivity contribution is -0.145. The summed E-state index contributed by atoms with van der Waals surface area (Å²) in [6.07, 6.45) is 1.04. The molecule has 1 aliphatic heterocycles. The third-order valence-corrected chi connectivity index (χ3v) is 7.18. The first kappa shape index (κ1) is 29.8. The van der Waals surface area contributed by atoms with Crippen LogP contribution in [0.5, 0.6) is 11.5 Å². The zero-order chi connectivity index (χ0) is 29.4. The first-order chi connectivity index (χ1) is 19.8. The minimum absolute atomic E-state index is 0.00534. The minimum atomic E-state index is -0.917. The maximum atomic E-state index is 13.4. The fourth-order valence-corrected chi connectivity index (χ4v) is 4.96. The first-order valence-electron chi connectivity index (χ1n) is 14.0. The Balaban J connectivity index is 1.88. The lowest BCUT2D eigenvalue weighted by Gasteiger charge is -2.24. The maximum absolute atomic E-state index is 13.4. The van der Waals surface area contributed by atoms with Crippen molar-refractivity contribution < 1.29 is 28.6 Å². The predicted octanol–water partition coefficient (Wildman–Crippen LogP) is 4.79. The molecular formula is C33H38N2O6. The van der Waals surface area contributed by atoms with Gasteiger partial charge in [0.1, 0.15) is 24.1 Å². The van der Waals surface area contributed by atoms with Crippen LogP contribution < -0.4 is 20.1 Å². The van der Waals surface area contributed by atoms with Gasteiger partial charge >= 0.3 is 5.97 Å². The van der Waals surface area contributed by atoms with E-state index in [4.69, 9.17) is 14.2 Å². The third kappa shape index (κ3) is 7.32. The summed E-state index contributed by atoms with van der Waals surface area (Å²) in [5, 5.41) is 5.92. The molecule has 2 N–H and O–H groups in total. The van der Waals surface area contributed by atoms with Gasteiger partial charge in [0.2, 0.25) is 5.91 Å². The first-order valence-corrected chi connectivity index (χ1v) is 14.0. The number of ether oxygens (including phenoxy) is 3. The number of esters is 1. The Kier molecular flexibility index (Phi) is 10.1. The fourth-order valence-electron chi connectivity index (χ4n) is 4.96. The van der Waals surface area contributed by atoms with E-state index < -0.39 is 24.0 Å². The van der Waals surface area contributed by atoms with Crippen molar-refractivity contribution in [3.63, 3.8) is 0 Å². The number of nitrogens with one attached hydrogen (secondary N) is 2. The number of hydrogen-bond acceptors (Lipinski definition) is 7. The van der Waals surface area contributed by atoms with Crippen LogP contribution in [0.15, 0.2) is 66.7 Å². The number of amides is 1. The van der Waals surface area contributed by atoms with Gasteiger partial charge < -0.3 is 24.8 Å². The van der Waals surface area contributed by atoms with Crippen LogP contribution in [0.4, 0.5) is 0 Å². The molecule has 4 bridgehead atoms. The Morgan fingerprint density at radius 3 is 2.37 bits per heavy atom. The van der Waals surface area contributed by atoms with E-state index in [1.54, 1.807) is 14.0 Å². The molecule has 0 saturated carbocycles. The van der Waals surface area contributed by atoms with Gasteiger partial charge in [-0.3, -0.25) is 9.59 Å². The number of ketones is 1. The molecule has 41 heavy (non-hydrogen) atoms. The molecule has 0 fully saturated rings. The zero-order valence-electron chi connectivity index (χ0n) is 24.1. The van der Waals surface area contributed by atoms with Gasteiger partial charge in [0.25, 0.3) is 0 Å². The van der Waals surface area contributed by atoms with E-state index in [0.717, 1.165) is 34.2 Å². The molecule has 3 aromatic rings. The standard InChI is InChI=1S/C33H38N2O6/c1-5-15-40-29-14-12-24-19-26(29)25-17-23(11-13-30(25)41-20-22-9-7-6-8-10-22)18-27(33(38)39-4)35-32(37)21(2)16-28(36)31(24)34-3/h6-14,17,19,21,27,31,34H,5,15-16,18,20H2,1-4H3,(H,35,37)/t21-,27+,31+/m1/s1. The summed E-state index contributed by atoms with van der Waals surface area (Å²) in [5.74, 6) is -0.417. The summed E-state index contributed by atoms with van der Waals surface area (Å²) < 4.78 is 17.5. The highest BCUT2D eigenvalue weighted by atomic mass is 16.5. The van der Waals surface area contributed by atoms with Crippen LogP contribution in [0.3, 0.4) is 0 Å². The summed E-state index contributed by atoms with van der Waals surface area (Å²) in [6, 6.07) is 19.7. The molecule has 1 heterocycles. The monoisotopic (exact) mass is 558 g/mol. The second-order valence-electron chi connectivity index (χ2n) is 10.3. The van der Waals surface area contributed by atoms with Gasteiger partial charge in [-0.25, -0.2) is 4.79 Å². The number of hydrogen-bond donors (Lipinski definition) is 2. The number of fused-ring (bicyclic) bond motifs is 5. The van der Waals surface area contributed by atoms with Crippen molar-refractivity contribution in [1.29, 1.82) is 0 Å². The van der Waals surface area contributed by atoms with E-state index in [9.17, 15) is 14.4 Å². The van der Waals surface area contributed by atoms with E-state index in [1.807, 2.05) is 73.7 Å². The van der Waals surface area contributed by atoms with E-state index in [0.29, 0.717) is 24.7 Å². The van der Waals surface area contributed by atoms with Crippen LogP contribution >= 0.6 is 0 Å². The van der Waals surface area contributed by atoms with Gasteiger partial charge in [-0.2, -0.15) is 0 Å². The molecule has 0 saturated heterocycles. The van der Waals surface area contributed by atoms with Crippen molar-refractivity contribution >= 4 is 17.7 Å². The molecule has 216 valence electrons. The molecule has 1 aliphatic rings. The molecule has 0 aromatic heterocycles. The summed E-state index contributed by atoms with van der Waals surface area (Å²) >= 11 is 0. The number of benzene rings is 3. The molecule has 0 aliphatic carbocycles. The summed E-state index contributed by atoms with van der Waals surface area (Å²) in [4.78, 5) is 39.2. The van der Waals surface area contributed by atoms with Crippen LogP contribution in [0.1, 0.15) is 49.4 Å². The largest absolute Gasteiger partial charge is 0.493 e. The molecule has 3 atom stereocenters. The molecule has 0 unspecified atom stereocenters. The minimum Gasteiger partial charge on any atom is -0.493 e. The van der Waals surface area contributed by atoms with Gasteiger partial charge in [-0.15, -0.1) is 0 Å². The van der Waals surface area contributed by atoms with Gasteiger partial charge in [0.15, 0.2) is 5.78 Å². The van der Waals surface area contributed by atoms with Crippen LogP contribution in [0, 0.1) is 5.92 Å². The molecule has 1 amide bonds. The van der Waals surface area contributed by atoms with Crippen molar-refractivity contribution in [2.45, 2.75) is 51.8 Å². The molecule has 8 heteroatoms. The van der Waals surface area contributed by atoms with Crippen molar-refractivity contribution in [2.75, 3.05) is 20.8 Å². The number of carbonyl (C=O) groups is 3. The van der Waals surface area contributed by atoms with Gasteiger partial charge in [-0.1, -0.05) is 56.3 Å².